The van der Waals surface area contributed by atoms with E-state index in [1.807, 2.05) is 23.0 Å². The van der Waals surface area contributed by atoms with Gasteiger partial charge in [0.1, 0.15) is 0 Å². The highest BCUT2D eigenvalue weighted by atomic mass is 15.3. The van der Waals surface area contributed by atoms with Crippen molar-refractivity contribution in [1.29, 1.82) is 0 Å². The van der Waals surface area contributed by atoms with E-state index in [0.29, 0.717) is 12.5 Å². The second-order valence-electron chi connectivity index (χ2n) is 4.57. The minimum Gasteiger partial charge on any atom is -0.325 e. The van der Waals surface area contributed by atoms with Crippen molar-refractivity contribution in [2.75, 3.05) is 0 Å². The average Bonchev–Trinajstić information content (AvgIpc) is 3.11. The van der Waals surface area contributed by atoms with Gasteiger partial charge in [-0.2, -0.15) is 5.10 Å². The number of nitrogens with zero attached hydrogens (tertiary/aromatic N) is 3. The van der Waals surface area contributed by atoms with Gasteiger partial charge in [-0.25, -0.2) is 0 Å². The number of hydrogen-bond donors (Lipinski definition) is 1. The zero-order valence-corrected chi connectivity index (χ0v) is 9.71. The van der Waals surface area contributed by atoms with Crippen LogP contribution in [0.1, 0.15) is 35.7 Å². The van der Waals surface area contributed by atoms with Crippen molar-refractivity contribution in [2.45, 2.75) is 31.8 Å². The van der Waals surface area contributed by atoms with Crippen LogP contribution in [0, 0.1) is 0 Å². The van der Waals surface area contributed by atoms with Crippen molar-refractivity contribution < 1.29 is 0 Å². The molecule has 1 aliphatic carbocycles. The number of rotatable bonds is 4. The molecule has 0 radical (unpaired) electrons. The highest BCUT2D eigenvalue weighted by Gasteiger charge is 2.25. The molecule has 4 nitrogen and oxygen atoms in total. The van der Waals surface area contributed by atoms with Crippen LogP contribution in [0.4, 0.5) is 0 Å². The molecule has 4 heteroatoms. The van der Waals surface area contributed by atoms with Crippen LogP contribution in [0.15, 0.2) is 30.6 Å². The summed E-state index contributed by atoms with van der Waals surface area (Å²) in [4.78, 5) is 4.19. The fourth-order valence-electron chi connectivity index (χ4n) is 1.99. The first-order valence-corrected chi connectivity index (χ1v) is 6.02. The predicted molar refractivity (Wildman–Crippen MR) is 65.4 cm³/mol. The summed E-state index contributed by atoms with van der Waals surface area (Å²) in [6.07, 6.45) is 6.45. The molecule has 0 atom stereocenters. The van der Waals surface area contributed by atoms with Crippen LogP contribution in [0.2, 0.25) is 0 Å². The Kier molecular flexibility index (Phi) is 2.65. The minimum absolute atomic E-state index is 0.486. The van der Waals surface area contributed by atoms with Crippen LogP contribution in [-0.2, 0) is 13.1 Å². The maximum absolute atomic E-state index is 5.58. The molecule has 0 amide bonds. The second-order valence-corrected chi connectivity index (χ2v) is 4.57. The number of pyridine rings is 1. The predicted octanol–water partition coefficient (Wildman–Crippen LogP) is 1.66. The number of hydrogen-bond acceptors (Lipinski definition) is 3. The number of aromatic nitrogens is 3. The largest absolute Gasteiger partial charge is 0.325 e. The molecule has 1 aliphatic rings. The monoisotopic (exact) mass is 228 g/mol. The summed E-state index contributed by atoms with van der Waals surface area (Å²) >= 11 is 0. The quantitative estimate of drug-likeness (QED) is 0.866. The Morgan fingerprint density at radius 2 is 2.24 bits per heavy atom. The first kappa shape index (κ1) is 10.5. The van der Waals surface area contributed by atoms with Crippen molar-refractivity contribution in [1.82, 2.24) is 14.8 Å². The molecule has 2 aromatic heterocycles. The van der Waals surface area contributed by atoms with Crippen LogP contribution < -0.4 is 5.73 Å². The number of nitrogens with two attached hydrogens (primary N) is 1. The van der Waals surface area contributed by atoms with Crippen molar-refractivity contribution in [2.24, 2.45) is 5.73 Å². The molecule has 3 rings (SSSR count). The summed E-state index contributed by atoms with van der Waals surface area (Å²) in [5.41, 5.74) is 8.94. The van der Waals surface area contributed by atoms with Crippen LogP contribution in [0.5, 0.6) is 0 Å². The summed E-state index contributed by atoms with van der Waals surface area (Å²) in [5.74, 6) is 0.716. The van der Waals surface area contributed by atoms with E-state index in [1.54, 1.807) is 0 Å². The summed E-state index contributed by atoms with van der Waals surface area (Å²) < 4.78 is 1.99. The molecule has 0 aliphatic heterocycles. The summed E-state index contributed by atoms with van der Waals surface area (Å²) in [5, 5.41) is 4.59. The molecular weight excluding hydrogens is 212 g/mol. The topological polar surface area (TPSA) is 56.7 Å². The van der Waals surface area contributed by atoms with Gasteiger partial charge in [-0.15, -0.1) is 0 Å². The normalized spacial score (nSPS) is 15.1. The molecule has 88 valence electrons. The maximum Gasteiger partial charge on any atom is 0.0660 e. The first-order chi connectivity index (χ1) is 8.35. The SMILES string of the molecule is NCc1cc(Cn2ccc(C3CC3)n2)ccn1. The molecule has 0 aromatic carbocycles. The minimum atomic E-state index is 0.486. The third-order valence-corrected chi connectivity index (χ3v) is 3.09. The van der Waals surface area contributed by atoms with Gasteiger partial charge in [0.25, 0.3) is 0 Å². The fraction of sp³-hybridized carbons (Fsp3) is 0.385. The van der Waals surface area contributed by atoms with E-state index in [1.165, 1.54) is 24.1 Å². The summed E-state index contributed by atoms with van der Waals surface area (Å²) in [6.45, 7) is 1.28. The highest BCUT2D eigenvalue weighted by Crippen LogP contribution is 2.38. The smallest absolute Gasteiger partial charge is 0.0660 e. The third-order valence-electron chi connectivity index (χ3n) is 3.09. The molecule has 0 bridgehead atoms. The van der Waals surface area contributed by atoms with Gasteiger partial charge in [0, 0.05) is 24.9 Å². The first-order valence-electron chi connectivity index (χ1n) is 6.02. The summed E-state index contributed by atoms with van der Waals surface area (Å²) in [7, 11) is 0. The Morgan fingerprint density at radius 1 is 1.35 bits per heavy atom. The zero-order valence-electron chi connectivity index (χ0n) is 9.71. The van der Waals surface area contributed by atoms with Crippen molar-refractivity contribution in [3.8, 4) is 0 Å². The van der Waals surface area contributed by atoms with Crippen molar-refractivity contribution in [3.05, 3.63) is 47.5 Å². The molecule has 0 spiro atoms. The molecule has 0 saturated heterocycles. The molecule has 0 unspecified atom stereocenters. The standard InChI is InChI=1S/C13H16N4/c14-8-12-7-10(3-5-15-12)9-17-6-4-13(16-17)11-1-2-11/h3-7,11H,1-2,8-9,14H2. The lowest BCUT2D eigenvalue weighted by molar-refractivity contribution is 0.670. The molecule has 17 heavy (non-hydrogen) atoms. The van der Waals surface area contributed by atoms with Gasteiger partial charge in [0.15, 0.2) is 0 Å². The summed E-state index contributed by atoms with van der Waals surface area (Å²) in [6, 6.07) is 6.18. The van der Waals surface area contributed by atoms with Gasteiger partial charge in [-0.3, -0.25) is 9.67 Å². The van der Waals surface area contributed by atoms with Crippen LogP contribution in [-0.4, -0.2) is 14.8 Å². The van der Waals surface area contributed by atoms with Crippen molar-refractivity contribution >= 4 is 0 Å². The van der Waals surface area contributed by atoms with E-state index in [2.05, 4.69) is 22.3 Å². The van der Waals surface area contributed by atoms with Gasteiger partial charge < -0.3 is 5.73 Å². The van der Waals surface area contributed by atoms with Crippen LogP contribution >= 0.6 is 0 Å². The van der Waals surface area contributed by atoms with Gasteiger partial charge in [0.05, 0.1) is 17.9 Å². The Labute approximate surface area is 100 Å². The molecule has 2 aromatic rings. The zero-order chi connectivity index (χ0) is 11.7. The van der Waals surface area contributed by atoms with E-state index in [-0.39, 0.29) is 0 Å². The lowest BCUT2D eigenvalue weighted by Crippen LogP contribution is -2.04. The Morgan fingerprint density at radius 3 is 3.00 bits per heavy atom. The van der Waals surface area contributed by atoms with Gasteiger partial charge in [-0.1, -0.05) is 0 Å². The molecular formula is C13H16N4. The van der Waals surface area contributed by atoms with Gasteiger partial charge in [0.2, 0.25) is 0 Å². The maximum atomic E-state index is 5.58. The van der Waals surface area contributed by atoms with E-state index >= 15 is 0 Å². The van der Waals surface area contributed by atoms with E-state index in [4.69, 9.17) is 5.73 Å². The Balaban J connectivity index is 1.75. The Hall–Kier alpha value is -1.68. The van der Waals surface area contributed by atoms with Crippen LogP contribution in [0.25, 0.3) is 0 Å². The average molecular weight is 228 g/mol. The van der Waals surface area contributed by atoms with Gasteiger partial charge in [-0.05, 0) is 36.6 Å². The molecule has 1 fully saturated rings. The van der Waals surface area contributed by atoms with Gasteiger partial charge >= 0.3 is 0 Å². The fourth-order valence-corrected chi connectivity index (χ4v) is 1.99. The molecule has 2 N–H and O–H groups in total. The molecule has 1 saturated carbocycles. The van der Waals surface area contributed by atoms with E-state index in [0.717, 1.165) is 12.2 Å². The highest BCUT2D eigenvalue weighted by molar-refractivity contribution is 5.18. The van der Waals surface area contributed by atoms with E-state index < -0.39 is 0 Å². The lowest BCUT2D eigenvalue weighted by Gasteiger charge is -2.03. The lowest BCUT2D eigenvalue weighted by atomic mass is 10.2. The van der Waals surface area contributed by atoms with E-state index in [9.17, 15) is 0 Å². The van der Waals surface area contributed by atoms with Crippen molar-refractivity contribution in [3.63, 3.8) is 0 Å². The van der Waals surface area contributed by atoms with Crippen LogP contribution in [0.3, 0.4) is 0 Å². The Bertz CT molecular complexity index is 514. The molecule has 2 heterocycles. The third kappa shape index (κ3) is 2.36. The second kappa shape index (κ2) is 4.30.